The zero-order chi connectivity index (χ0) is 14.4. The number of methoxy groups -OCH3 is 2. The predicted molar refractivity (Wildman–Crippen MR) is 72.9 cm³/mol. The van der Waals surface area contributed by atoms with Gasteiger partial charge >= 0.3 is 5.97 Å². The van der Waals surface area contributed by atoms with Crippen LogP contribution in [0.4, 0.5) is 0 Å². The van der Waals surface area contributed by atoms with E-state index in [4.69, 9.17) is 31.5 Å². The average Bonchev–Trinajstić information content (AvgIpc) is 2.40. The van der Waals surface area contributed by atoms with Gasteiger partial charge in [-0.2, -0.15) is 0 Å². The molecule has 0 radical (unpaired) electrons. The van der Waals surface area contributed by atoms with E-state index in [2.05, 4.69) is 0 Å². The lowest BCUT2D eigenvalue weighted by atomic mass is 10.0. The van der Waals surface area contributed by atoms with Crippen LogP contribution in [0.3, 0.4) is 0 Å². The van der Waals surface area contributed by atoms with E-state index in [1.54, 1.807) is 19.1 Å². The minimum atomic E-state index is -0.750. The Labute approximate surface area is 117 Å². The summed E-state index contributed by atoms with van der Waals surface area (Å²) in [6, 6.07) is 2.59. The van der Waals surface area contributed by atoms with Crippen LogP contribution in [-0.4, -0.2) is 32.8 Å². The maximum atomic E-state index is 11.5. The van der Waals surface area contributed by atoms with Gasteiger partial charge in [0.2, 0.25) is 0 Å². The van der Waals surface area contributed by atoms with Crippen molar-refractivity contribution >= 4 is 17.6 Å². The van der Waals surface area contributed by atoms with E-state index < -0.39 is 12.0 Å². The van der Waals surface area contributed by atoms with Crippen molar-refractivity contribution in [1.82, 2.24) is 0 Å². The SMILES string of the molecule is CCOC(=O)C(N)Cc1cc(OC)c(Cl)cc1OC. The van der Waals surface area contributed by atoms with Crippen LogP contribution < -0.4 is 15.2 Å². The van der Waals surface area contributed by atoms with Gasteiger partial charge in [0, 0.05) is 18.1 Å². The molecular weight excluding hydrogens is 270 g/mol. The first-order valence-electron chi connectivity index (χ1n) is 5.86. The summed E-state index contributed by atoms with van der Waals surface area (Å²) in [6.07, 6.45) is 0.287. The summed E-state index contributed by atoms with van der Waals surface area (Å²) < 4.78 is 15.2. The number of benzene rings is 1. The van der Waals surface area contributed by atoms with E-state index >= 15 is 0 Å². The fourth-order valence-corrected chi connectivity index (χ4v) is 1.88. The zero-order valence-electron chi connectivity index (χ0n) is 11.2. The van der Waals surface area contributed by atoms with Crippen LogP contribution in [0.25, 0.3) is 0 Å². The lowest BCUT2D eigenvalue weighted by Crippen LogP contribution is -2.34. The molecule has 1 atom stereocenters. The van der Waals surface area contributed by atoms with Gasteiger partial charge in [-0.15, -0.1) is 0 Å². The highest BCUT2D eigenvalue weighted by atomic mass is 35.5. The van der Waals surface area contributed by atoms with Crippen molar-refractivity contribution in [3.05, 3.63) is 22.7 Å². The minimum absolute atomic E-state index is 0.287. The van der Waals surface area contributed by atoms with Crippen molar-refractivity contribution < 1.29 is 19.0 Å². The highest BCUT2D eigenvalue weighted by Crippen LogP contribution is 2.32. The molecule has 1 rings (SSSR count). The molecule has 2 N–H and O–H groups in total. The highest BCUT2D eigenvalue weighted by Gasteiger charge is 2.19. The van der Waals surface area contributed by atoms with Crippen LogP contribution >= 0.6 is 11.6 Å². The molecule has 0 saturated carbocycles. The summed E-state index contributed by atoms with van der Waals surface area (Å²) in [7, 11) is 3.04. The average molecular weight is 288 g/mol. The van der Waals surface area contributed by atoms with Crippen LogP contribution in [0.15, 0.2) is 12.1 Å². The monoisotopic (exact) mass is 287 g/mol. The van der Waals surface area contributed by atoms with E-state index in [1.165, 1.54) is 14.2 Å². The number of nitrogens with two attached hydrogens (primary N) is 1. The molecule has 0 fully saturated rings. The minimum Gasteiger partial charge on any atom is -0.496 e. The molecule has 0 aromatic heterocycles. The fourth-order valence-electron chi connectivity index (χ4n) is 1.65. The van der Waals surface area contributed by atoms with Crippen LogP contribution in [0, 0.1) is 0 Å². The molecule has 6 heteroatoms. The molecule has 0 aliphatic rings. The summed E-state index contributed by atoms with van der Waals surface area (Å²) in [5.74, 6) is 0.623. The number of hydrogen-bond acceptors (Lipinski definition) is 5. The molecule has 5 nitrogen and oxygen atoms in total. The first-order chi connectivity index (χ1) is 9.03. The normalized spacial score (nSPS) is 11.8. The van der Waals surface area contributed by atoms with Crippen molar-refractivity contribution in [2.75, 3.05) is 20.8 Å². The third kappa shape index (κ3) is 4.01. The van der Waals surface area contributed by atoms with Crippen molar-refractivity contribution in [1.29, 1.82) is 0 Å². The second-order valence-electron chi connectivity index (χ2n) is 3.86. The number of rotatable bonds is 6. The third-order valence-corrected chi connectivity index (χ3v) is 2.88. The standard InChI is InChI=1S/C13H18ClNO4/c1-4-19-13(16)10(15)5-8-6-12(18-3)9(14)7-11(8)17-2/h6-7,10H,4-5,15H2,1-3H3. The van der Waals surface area contributed by atoms with E-state index in [-0.39, 0.29) is 6.42 Å². The second kappa shape index (κ2) is 7.21. The highest BCUT2D eigenvalue weighted by molar-refractivity contribution is 6.32. The molecule has 0 bridgehead atoms. The molecular formula is C13H18ClNO4. The summed E-state index contributed by atoms with van der Waals surface area (Å²) in [5.41, 5.74) is 6.52. The molecule has 1 aromatic carbocycles. The van der Waals surface area contributed by atoms with E-state index in [1.807, 2.05) is 0 Å². The maximum Gasteiger partial charge on any atom is 0.323 e. The molecule has 0 saturated heterocycles. The van der Waals surface area contributed by atoms with Gasteiger partial charge in [-0.25, -0.2) is 0 Å². The maximum absolute atomic E-state index is 11.5. The van der Waals surface area contributed by atoms with E-state index in [0.717, 1.165) is 5.56 Å². The Morgan fingerprint density at radius 2 is 1.95 bits per heavy atom. The molecule has 1 aromatic rings. The molecule has 0 amide bonds. The Hall–Kier alpha value is -1.46. The lowest BCUT2D eigenvalue weighted by Gasteiger charge is -2.15. The van der Waals surface area contributed by atoms with Gasteiger partial charge in [-0.3, -0.25) is 4.79 Å². The smallest absolute Gasteiger partial charge is 0.323 e. The lowest BCUT2D eigenvalue weighted by molar-refractivity contribution is -0.144. The Morgan fingerprint density at radius 3 is 2.47 bits per heavy atom. The van der Waals surface area contributed by atoms with Crippen molar-refractivity contribution in [3.63, 3.8) is 0 Å². The van der Waals surface area contributed by atoms with Gasteiger partial charge in [0.1, 0.15) is 17.5 Å². The van der Waals surface area contributed by atoms with Gasteiger partial charge in [0.05, 0.1) is 25.8 Å². The van der Waals surface area contributed by atoms with Gasteiger partial charge in [0.15, 0.2) is 0 Å². The fraction of sp³-hybridized carbons (Fsp3) is 0.462. The molecule has 1 unspecified atom stereocenters. The largest absolute Gasteiger partial charge is 0.496 e. The van der Waals surface area contributed by atoms with Crippen LogP contribution in [0.2, 0.25) is 5.02 Å². The molecule has 0 aliphatic carbocycles. The first-order valence-corrected chi connectivity index (χ1v) is 6.23. The molecule has 106 valence electrons. The first kappa shape index (κ1) is 15.6. The summed E-state index contributed by atoms with van der Waals surface area (Å²) in [4.78, 5) is 11.5. The van der Waals surface area contributed by atoms with Crippen molar-refractivity contribution in [3.8, 4) is 11.5 Å². The predicted octanol–water partition coefficient (Wildman–Crippen LogP) is 1.79. The molecule has 0 heterocycles. The molecule has 0 aliphatic heterocycles. The number of halogens is 1. The Balaban J connectivity index is 2.95. The Morgan fingerprint density at radius 1 is 1.32 bits per heavy atom. The topological polar surface area (TPSA) is 70.8 Å². The Bertz CT molecular complexity index is 451. The van der Waals surface area contributed by atoms with Gasteiger partial charge in [-0.05, 0) is 13.0 Å². The summed E-state index contributed by atoms with van der Waals surface area (Å²) in [5, 5.41) is 0.438. The van der Waals surface area contributed by atoms with Crippen LogP contribution in [-0.2, 0) is 16.0 Å². The van der Waals surface area contributed by atoms with Crippen molar-refractivity contribution in [2.45, 2.75) is 19.4 Å². The summed E-state index contributed by atoms with van der Waals surface area (Å²) >= 11 is 6.00. The number of carbonyl (C=O) groups excluding carboxylic acids is 1. The Kier molecular flexibility index (Phi) is 5.92. The quantitative estimate of drug-likeness (QED) is 0.808. The molecule has 19 heavy (non-hydrogen) atoms. The van der Waals surface area contributed by atoms with E-state index in [9.17, 15) is 4.79 Å². The van der Waals surface area contributed by atoms with Crippen LogP contribution in [0.1, 0.15) is 12.5 Å². The summed E-state index contributed by atoms with van der Waals surface area (Å²) in [6.45, 7) is 2.03. The van der Waals surface area contributed by atoms with Crippen molar-refractivity contribution in [2.24, 2.45) is 5.73 Å². The number of carbonyl (C=O) groups is 1. The number of hydrogen-bond donors (Lipinski definition) is 1. The van der Waals surface area contributed by atoms with Gasteiger partial charge in [-0.1, -0.05) is 11.6 Å². The number of esters is 1. The molecule has 0 spiro atoms. The van der Waals surface area contributed by atoms with Gasteiger partial charge in [0.25, 0.3) is 0 Å². The van der Waals surface area contributed by atoms with Crippen LogP contribution in [0.5, 0.6) is 11.5 Å². The zero-order valence-corrected chi connectivity index (χ0v) is 12.0. The van der Waals surface area contributed by atoms with E-state index in [0.29, 0.717) is 23.1 Å². The van der Waals surface area contributed by atoms with Gasteiger partial charge < -0.3 is 19.9 Å². The second-order valence-corrected chi connectivity index (χ2v) is 4.27. The third-order valence-electron chi connectivity index (χ3n) is 2.58. The number of ether oxygens (including phenoxy) is 3.